The van der Waals surface area contributed by atoms with E-state index in [2.05, 4.69) is 72.4 Å². The second-order valence-electron chi connectivity index (χ2n) is 6.84. The topological polar surface area (TPSA) is 43.9 Å². The summed E-state index contributed by atoms with van der Waals surface area (Å²) in [5.41, 5.74) is 2.33. The van der Waals surface area contributed by atoms with E-state index in [1.54, 1.807) is 0 Å². The molecule has 0 amide bonds. The predicted octanol–water partition coefficient (Wildman–Crippen LogP) is 2.08. The third-order valence-electron chi connectivity index (χ3n) is 4.93. The van der Waals surface area contributed by atoms with Gasteiger partial charge in [0.2, 0.25) is 0 Å². The first kappa shape index (κ1) is 16.9. The molecular formula is C18H24BrN5O. The first-order chi connectivity index (χ1) is 12.2. The van der Waals surface area contributed by atoms with Crippen molar-refractivity contribution in [1.82, 2.24) is 14.8 Å². The predicted molar refractivity (Wildman–Crippen MR) is 104 cm³/mol. The maximum Gasteiger partial charge on any atom is 0.130 e. The fourth-order valence-corrected chi connectivity index (χ4v) is 4.07. The van der Waals surface area contributed by atoms with Crippen molar-refractivity contribution in [3.8, 4) is 0 Å². The number of hydrogen-bond donors (Lipinski definition) is 1. The number of nitrogens with one attached hydrogen (secondary N) is 1. The van der Waals surface area contributed by atoms with E-state index in [9.17, 15) is 0 Å². The van der Waals surface area contributed by atoms with E-state index in [1.165, 1.54) is 5.69 Å². The van der Waals surface area contributed by atoms with Gasteiger partial charge in [0.1, 0.15) is 5.82 Å². The number of halogens is 1. The van der Waals surface area contributed by atoms with Crippen LogP contribution >= 0.6 is 15.9 Å². The van der Waals surface area contributed by atoms with Crippen LogP contribution in [0.15, 0.2) is 40.8 Å². The molecular weight excluding hydrogens is 382 g/mol. The number of ether oxygens (including phenoxy) is 1. The molecule has 0 unspecified atom stereocenters. The zero-order valence-corrected chi connectivity index (χ0v) is 16.1. The maximum absolute atomic E-state index is 5.30. The summed E-state index contributed by atoms with van der Waals surface area (Å²) in [7, 11) is 2.06. The molecule has 0 aromatic carbocycles. The molecule has 3 aliphatic rings. The highest BCUT2D eigenvalue weighted by Crippen LogP contribution is 2.22. The Kier molecular flexibility index (Phi) is 4.96. The van der Waals surface area contributed by atoms with Crippen molar-refractivity contribution in [3.63, 3.8) is 0 Å². The Morgan fingerprint density at radius 3 is 2.60 bits per heavy atom. The summed E-state index contributed by atoms with van der Waals surface area (Å²) in [6, 6.07) is 4.87. The van der Waals surface area contributed by atoms with Gasteiger partial charge in [-0.2, -0.15) is 0 Å². The minimum atomic E-state index is 0.641. The van der Waals surface area contributed by atoms with Crippen LogP contribution in [0.3, 0.4) is 0 Å². The van der Waals surface area contributed by atoms with Gasteiger partial charge in [0, 0.05) is 49.6 Å². The summed E-state index contributed by atoms with van der Waals surface area (Å²) >= 11 is 3.53. The van der Waals surface area contributed by atoms with E-state index in [0.717, 1.165) is 61.9 Å². The lowest BCUT2D eigenvalue weighted by molar-refractivity contribution is -0.0660. The highest BCUT2D eigenvalue weighted by molar-refractivity contribution is 9.11. The Hall–Kier alpha value is -1.57. The van der Waals surface area contributed by atoms with Crippen LogP contribution < -0.4 is 10.2 Å². The van der Waals surface area contributed by atoms with Crippen LogP contribution in [0.1, 0.15) is 0 Å². The van der Waals surface area contributed by atoms with E-state index in [1.807, 2.05) is 6.20 Å². The standard InChI is InChI=1S/C18H24BrN5O/c1-22-10-14(19)8-15(11-22)21-18-3-2-16(9-20-18)23-4-6-24(7-5-23)17-12-25-13-17/h2-3,8-10,17H,4-7,11-13H2,1H3,(H,20,21). The molecule has 0 aliphatic carbocycles. The molecule has 2 fully saturated rings. The lowest BCUT2D eigenvalue weighted by Gasteiger charge is -2.43. The average molecular weight is 406 g/mol. The number of allylic oxidation sites excluding steroid dienone is 2. The number of hydrogen-bond acceptors (Lipinski definition) is 6. The first-order valence-corrected chi connectivity index (χ1v) is 9.54. The van der Waals surface area contributed by atoms with Gasteiger partial charge in [0.15, 0.2) is 0 Å². The van der Waals surface area contributed by atoms with Gasteiger partial charge in [-0.15, -0.1) is 0 Å². The normalized spacial score (nSPS) is 22.3. The van der Waals surface area contributed by atoms with E-state index in [0.29, 0.717) is 6.04 Å². The summed E-state index contributed by atoms with van der Waals surface area (Å²) < 4.78 is 6.37. The largest absolute Gasteiger partial charge is 0.378 e. The summed E-state index contributed by atoms with van der Waals surface area (Å²) in [6.07, 6.45) is 6.14. The molecule has 134 valence electrons. The van der Waals surface area contributed by atoms with Gasteiger partial charge >= 0.3 is 0 Å². The van der Waals surface area contributed by atoms with Crippen molar-refractivity contribution in [2.24, 2.45) is 0 Å². The van der Waals surface area contributed by atoms with Crippen molar-refractivity contribution in [2.45, 2.75) is 6.04 Å². The van der Waals surface area contributed by atoms with Gasteiger partial charge in [-0.25, -0.2) is 4.98 Å². The Bertz CT molecular complexity index is 663. The fraction of sp³-hybridized carbons (Fsp3) is 0.500. The van der Waals surface area contributed by atoms with Gasteiger partial charge in [-0.1, -0.05) is 0 Å². The third kappa shape index (κ3) is 3.99. The van der Waals surface area contributed by atoms with Crippen molar-refractivity contribution in [3.05, 3.63) is 40.8 Å². The molecule has 7 heteroatoms. The quantitative estimate of drug-likeness (QED) is 0.826. The van der Waals surface area contributed by atoms with Gasteiger partial charge in [-0.3, -0.25) is 4.90 Å². The fourth-order valence-electron chi connectivity index (χ4n) is 3.44. The molecule has 2 saturated heterocycles. The highest BCUT2D eigenvalue weighted by Gasteiger charge is 2.28. The average Bonchev–Trinajstić information content (AvgIpc) is 2.54. The van der Waals surface area contributed by atoms with Crippen molar-refractivity contribution in [1.29, 1.82) is 0 Å². The minimum absolute atomic E-state index is 0.641. The zero-order chi connectivity index (χ0) is 17.2. The van der Waals surface area contributed by atoms with Crippen molar-refractivity contribution < 1.29 is 4.74 Å². The van der Waals surface area contributed by atoms with Crippen LogP contribution in [0.25, 0.3) is 0 Å². The van der Waals surface area contributed by atoms with Crippen LogP contribution in [0.2, 0.25) is 0 Å². The molecule has 0 bridgehead atoms. The molecule has 1 aromatic heterocycles. The summed E-state index contributed by atoms with van der Waals surface area (Å²) in [5.74, 6) is 0.885. The zero-order valence-electron chi connectivity index (χ0n) is 14.5. The number of pyridine rings is 1. The number of rotatable bonds is 4. The summed E-state index contributed by atoms with van der Waals surface area (Å²) in [4.78, 5) is 11.7. The molecule has 0 atom stereocenters. The SMILES string of the molecule is CN1C=C(Br)C=C(Nc2ccc(N3CCN(C4COC4)CC3)cn2)C1. The van der Waals surface area contributed by atoms with Gasteiger partial charge < -0.3 is 19.9 Å². The molecule has 6 nitrogen and oxygen atoms in total. The molecule has 4 heterocycles. The molecule has 4 rings (SSSR count). The Morgan fingerprint density at radius 1 is 1.20 bits per heavy atom. The molecule has 0 spiro atoms. The number of piperazine rings is 1. The number of aromatic nitrogens is 1. The number of nitrogens with zero attached hydrogens (tertiary/aromatic N) is 4. The second kappa shape index (κ2) is 7.35. The lowest BCUT2D eigenvalue weighted by atomic mass is 10.2. The van der Waals surface area contributed by atoms with Gasteiger partial charge in [0.25, 0.3) is 0 Å². The maximum atomic E-state index is 5.30. The Morgan fingerprint density at radius 2 is 2.00 bits per heavy atom. The minimum Gasteiger partial charge on any atom is -0.378 e. The lowest BCUT2D eigenvalue weighted by Crippen LogP contribution is -2.56. The van der Waals surface area contributed by atoms with Crippen LogP contribution in [-0.4, -0.2) is 73.8 Å². The molecule has 1 aromatic rings. The van der Waals surface area contributed by atoms with E-state index >= 15 is 0 Å². The second-order valence-corrected chi connectivity index (χ2v) is 7.76. The Labute approximate surface area is 157 Å². The van der Waals surface area contributed by atoms with Crippen LogP contribution in [0.4, 0.5) is 11.5 Å². The van der Waals surface area contributed by atoms with Crippen LogP contribution in [-0.2, 0) is 4.74 Å². The smallest absolute Gasteiger partial charge is 0.130 e. The summed E-state index contributed by atoms with van der Waals surface area (Å²) in [6.45, 7) is 6.97. The summed E-state index contributed by atoms with van der Waals surface area (Å²) in [5, 5.41) is 3.41. The van der Waals surface area contributed by atoms with E-state index < -0.39 is 0 Å². The molecule has 0 saturated carbocycles. The molecule has 1 N–H and O–H groups in total. The number of anilines is 2. The Balaban J connectivity index is 1.34. The monoisotopic (exact) mass is 405 g/mol. The first-order valence-electron chi connectivity index (χ1n) is 8.75. The third-order valence-corrected chi connectivity index (χ3v) is 5.36. The highest BCUT2D eigenvalue weighted by atomic mass is 79.9. The van der Waals surface area contributed by atoms with Crippen molar-refractivity contribution in [2.75, 3.05) is 63.2 Å². The number of likely N-dealkylation sites (N-methyl/N-ethyl adjacent to an activating group) is 1. The molecule has 0 radical (unpaired) electrons. The van der Waals surface area contributed by atoms with E-state index in [4.69, 9.17) is 4.74 Å². The molecule has 3 aliphatic heterocycles. The van der Waals surface area contributed by atoms with Crippen LogP contribution in [0, 0.1) is 0 Å². The van der Waals surface area contributed by atoms with Gasteiger partial charge in [0.05, 0.1) is 37.7 Å². The van der Waals surface area contributed by atoms with E-state index in [-0.39, 0.29) is 0 Å². The van der Waals surface area contributed by atoms with Gasteiger partial charge in [-0.05, 0) is 34.1 Å². The van der Waals surface area contributed by atoms with Crippen molar-refractivity contribution >= 4 is 27.4 Å². The molecule has 25 heavy (non-hydrogen) atoms. The van der Waals surface area contributed by atoms with Crippen LogP contribution in [0.5, 0.6) is 0 Å².